The summed E-state index contributed by atoms with van der Waals surface area (Å²) in [6, 6.07) is 0. The number of rotatable bonds is 19. The third-order valence-corrected chi connectivity index (χ3v) is 7.55. The normalized spacial score (nSPS) is 11.9. The summed E-state index contributed by atoms with van der Waals surface area (Å²) in [7, 11) is -0.172. The van der Waals surface area contributed by atoms with E-state index in [9.17, 15) is 13.2 Å². The number of ether oxygens (including phenoxy) is 2. The van der Waals surface area contributed by atoms with Crippen molar-refractivity contribution in [3.8, 4) is 0 Å². The Morgan fingerprint density at radius 2 is 1.74 bits per heavy atom. The van der Waals surface area contributed by atoms with E-state index < -0.39 is 10.0 Å². The van der Waals surface area contributed by atoms with Gasteiger partial charge in [-0.2, -0.15) is 4.31 Å². The maximum Gasteiger partial charge on any atom is 0.270 e. The number of nitrogens with zero attached hydrogens (tertiary/aromatic N) is 2. The minimum Gasteiger partial charge on any atom is -0.385 e. The molecule has 1 rings (SSSR count). The second kappa shape index (κ2) is 16.5. The van der Waals surface area contributed by atoms with Crippen molar-refractivity contribution in [1.29, 1.82) is 0 Å². The van der Waals surface area contributed by atoms with Gasteiger partial charge in [0.1, 0.15) is 10.7 Å². The Balaban J connectivity index is 2.65. The van der Waals surface area contributed by atoms with Gasteiger partial charge in [-0.25, -0.2) is 13.4 Å². The van der Waals surface area contributed by atoms with Crippen LogP contribution < -0.4 is 5.32 Å². The van der Waals surface area contributed by atoms with Gasteiger partial charge in [0.25, 0.3) is 5.91 Å². The van der Waals surface area contributed by atoms with Crippen LogP contribution in [-0.4, -0.2) is 69.9 Å². The fraction of sp³-hybridized carbons (Fsp3) is 0.810. The van der Waals surface area contributed by atoms with Crippen molar-refractivity contribution in [2.24, 2.45) is 0 Å². The van der Waals surface area contributed by atoms with E-state index >= 15 is 0 Å². The smallest absolute Gasteiger partial charge is 0.270 e. The molecule has 0 aliphatic carbocycles. The van der Waals surface area contributed by atoms with E-state index in [4.69, 9.17) is 9.47 Å². The molecule has 1 N–H and O–H groups in total. The van der Waals surface area contributed by atoms with Crippen molar-refractivity contribution in [3.05, 3.63) is 16.1 Å². The lowest BCUT2D eigenvalue weighted by atomic mass is 10.1. The van der Waals surface area contributed by atoms with E-state index in [1.54, 1.807) is 19.6 Å². The van der Waals surface area contributed by atoms with E-state index in [2.05, 4.69) is 17.2 Å². The average Bonchev–Trinajstić information content (AvgIpc) is 3.22. The summed E-state index contributed by atoms with van der Waals surface area (Å²) >= 11 is 1.31. The maximum absolute atomic E-state index is 12.9. The quantitative estimate of drug-likeness (QED) is 0.307. The molecule has 8 nitrogen and oxygen atoms in total. The topological polar surface area (TPSA) is 97.8 Å². The molecule has 1 amide bonds. The second-order valence-corrected chi connectivity index (χ2v) is 10.5. The summed E-state index contributed by atoms with van der Waals surface area (Å²) in [4.78, 5) is 16.6. The highest BCUT2D eigenvalue weighted by Crippen LogP contribution is 2.17. The number of hydrogen-bond acceptors (Lipinski definition) is 7. The first-order valence-corrected chi connectivity index (χ1v) is 13.6. The standard InChI is InChI=1S/C21H39N3O5S2/c1-4-5-6-7-8-9-16-31(26,27)24(13-11-15-29-3)17-20-23-19(18-30-20)21(25)22-12-10-14-28-2/h18H,4-17H2,1-3H3,(H,22,25). The second-order valence-electron chi connectivity index (χ2n) is 7.49. The van der Waals surface area contributed by atoms with Crippen LogP contribution in [0.5, 0.6) is 0 Å². The molecule has 0 fully saturated rings. The molecule has 1 heterocycles. The Bertz CT molecular complexity index is 710. The monoisotopic (exact) mass is 477 g/mol. The van der Waals surface area contributed by atoms with Crippen LogP contribution >= 0.6 is 11.3 Å². The molecule has 0 aliphatic rings. The predicted octanol–water partition coefficient (Wildman–Crippen LogP) is 3.44. The van der Waals surface area contributed by atoms with Gasteiger partial charge in [-0.1, -0.05) is 39.0 Å². The maximum atomic E-state index is 12.9. The third kappa shape index (κ3) is 11.9. The summed E-state index contributed by atoms with van der Waals surface area (Å²) in [6.07, 6.45) is 7.53. The van der Waals surface area contributed by atoms with Gasteiger partial charge >= 0.3 is 0 Å². The Morgan fingerprint density at radius 1 is 1.06 bits per heavy atom. The molecule has 0 atom stereocenters. The first-order chi connectivity index (χ1) is 14.9. The van der Waals surface area contributed by atoms with Gasteiger partial charge in [-0.15, -0.1) is 11.3 Å². The number of sulfonamides is 1. The minimum atomic E-state index is -3.40. The number of thiazole rings is 1. The highest BCUT2D eigenvalue weighted by atomic mass is 32.2. The van der Waals surface area contributed by atoms with Gasteiger partial charge in [0.15, 0.2) is 0 Å². The molecule has 0 bridgehead atoms. The van der Waals surface area contributed by atoms with Crippen LogP contribution in [0.1, 0.15) is 73.8 Å². The summed E-state index contributed by atoms with van der Waals surface area (Å²) in [6.45, 7) is 4.31. The number of aromatic nitrogens is 1. The number of amides is 1. The van der Waals surface area contributed by atoms with E-state index in [0.717, 1.165) is 25.7 Å². The first kappa shape index (κ1) is 28.0. The largest absolute Gasteiger partial charge is 0.385 e. The van der Waals surface area contributed by atoms with Crippen LogP contribution in [0, 0.1) is 0 Å². The Morgan fingerprint density at radius 3 is 2.45 bits per heavy atom. The summed E-state index contributed by atoms with van der Waals surface area (Å²) in [5.74, 6) is -0.107. The average molecular weight is 478 g/mol. The lowest BCUT2D eigenvalue weighted by molar-refractivity contribution is 0.0944. The summed E-state index contributed by atoms with van der Waals surface area (Å²) < 4.78 is 37.4. The Labute approximate surface area is 191 Å². The van der Waals surface area contributed by atoms with Crippen molar-refractivity contribution < 1.29 is 22.7 Å². The van der Waals surface area contributed by atoms with Crippen molar-refractivity contribution in [2.45, 2.75) is 64.8 Å². The fourth-order valence-electron chi connectivity index (χ4n) is 3.04. The SMILES string of the molecule is CCCCCCCCS(=O)(=O)N(CCCOC)Cc1nc(C(=O)NCCCOC)cs1. The fourth-order valence-corrected chi connectivity index (χ4v) is 5.47. The number of hydrogen-bond donors (Lipinski definition) is 1. The molecule has 180 valence electrons. The van der Waals surface area contributed by atoms with Crippen LogP contribution in [0.3, 0.4) is 0 Å². The molecule has 0 aliphatic heterocycles. The number of carbonyl (C=O) groups excluding carboxylic acids is 1. The molecular weight excluding hydrogens is 438 g/mol. The van der Waals surface area contributed by atoms with E-state index in [1.807, 2.05) is 0 Å². The molecule has 0 saturated carbocycles. The van der Waals surface area contributed by atoms with E-state index in [-0.39, 0.29) is 18.2 Å². The van der Waals surface area contributed by atoms with Crippen LogP contribution in [0.2, 0.25) is 0 Å². The number of unbranched alkanes of at least 4 members (excludes halogenated alkanes) is 5. The Hall–Kier alpha value is -1.07. The molecule has 10 heteroatoms. The van der Waals surface area contributed by atoms with Gasteiger partial charge < -0.3 is 14.8 Å². The number of carbonyl (C=O) groups is 1. The third-order valence-electron chi connectivity index (χ3n) is 4.81. The lowest BCUT2D eigenvalue weighted by Gasteiger charge is -2.21. The molecule has 1 aromatic rings. The molecule has 0 radical (unpaired) electrons. The Kier molecular flexibility index (Phi) is 14.9. The van der Waals surface area contributed by atoms with Gasteiger partial charge in [0, 0.05) is 45.9 Å². The van der Waals surface area contributed by atoms with Gasteiger partial charge in [-0.3, -0.25) is 4.79 Å². The van der Waals surface area contributed by atoms with Crippen LogP contribution in [0.15, 0.2) is 5.38 Å². The van der Waals surface area contributed by atoms with Crippen LogP contribution in [0.4, 0.5) is 0 Å². The molecule has 0 aromatic carbocycles. The number of nitrogens with one attached hydrogen (secondary N) is 1. The van der Waals surface area contributed by atoms with Crippen LogP contribution in [0.25, 0.3) is 0 Å². The van der Waals surface area contributed by atoms with Crippen molar-refractivity contribution >= 4 is 27.3 Å². The van der Waals surface area contributed by atoms with Gasteiger partial charge in [0.2, 0.25) is 10.0 Å². The lowest BCUT2D eigenvalue weighted by Crippen LogP contribution is -2.34. The number of methoxy groups -OCH3 is 2. The zero-order valence-corrected chi connectivity index (χ0v) is 20.9. The summed E-state index contributed by atoms with van der Waals surface area (Å²) in [5, 5.41) is 5.09. The molecular formula is C21H39N3O5S2. The zero-order valence-electron chi connectivity index (χ0n) is 19.2. The molecule has 0 saturated heterocycles. The highest BCUT2D eigenvalue weighted by molar-refractivity contribution is 7.89. The van der Waals surface area contributed by atoms with E-state index in [0.29, 0.717) is 49.8 Å². The first-order valence-electron chi connectivity index (χ1n) is 11.1. The van der Waals surface area contributed by atoms with Gasteiger partial charge in [0.05, 0.1) is 12.3 Å². The predicted molar refractivity (Wildman–Crippen MR) is 125 cm³/mol. The molecule has 1 aromatic heterocycles. The molecule has 31 heavy (non-hydrogen) atoms. The zero-order chi connectivity index (χ0) is 23.0. The van der Waals surface area contributed by atoms with Crippen molar-refractivity contribution in [2.75, 3.05) is 46.3 Å². The molecule has 0 unspecified atom stereocenters. The van der Waals surface area contributed by atoms with Crippen molar-refractivity contribution in [3.63, 3.8) is 0 Å². The molecule has 0 spiro atoms. The van der Waals surface area contributed by atoms with Crippen LogP contribution in [-0.2, 0) is 26.0 Å². The summed E-state index contributed by atoms with van der Waals surface area (Å²) in [5.41, 5.74) is 0.322. The van der Waals surface area contributed by atoms with E-state index in [1.165, 1.54) is 28.5 Å². The minimum absolute atomic E-state index is 0.143. The van der Waals surface area contributed by atoms with Crippen molar-refractivity contribution in [1.82, 2.24) is 14.6 Å². The van der Waals surface area contributed by atoms with Gasteiger partial charge in [-0.05, 0) is 19.3 Å². The highest BCUT2D eigenvalue weighted by Gasteiger charge is 2.23.